The third-order valence-electron chi connectivity index (χ3n) is 4.13. The molecule has 20 heavy (non-hydrogen) atoms. The summed E-state index contributed by atoms with van der Waals surface area (Å²) in [4.78, 5) is 0.280. The van der Waals surface area contributed by atoms with E-state index in [2.05, 4.69) is 4.72 Å². The number of rotatable bonds is 5. The molecule has 1 aliphatic carbocycles. The maximum absolute atomic E-state index is 12.4. The summed E-state index contributed by atoms with van der Waals surface area (Å²) >= 11 is 0. The third-order valence-corrected chi connectivity index (χ3v) is 5.59. The monoisotopic (exact) mass is 299 g/mol. The highest BCUT2D eigenvalue weighted by Crippen LogP contribution is 2.39. The van der Waals surface area contributed by atoms with Crippen LogP contribution in [0.15, 0.2) is 17.2 Å². The van der Waals surface area contributed by atoms with Crippen LogP contribution in [-0.2, 0) is 28.4 Å². The predicted octanol–water partition coefficient (Wildman–Crippen LogP) is 0.330. The molecule has 0 aromatic carbocycles. The molecule has 1 aliphatic heterocycles. The highest BCUT2D eigenvalue weighted by Gasteiger charge is 2.42. The van der Waals surface area contributed by atoms with Crippen LogP contribution in [0.4, 0.5) is 0 Å². The van der Waals surface area contributed by atoms with Gasteiger partial charge in [0.05, 0.1) is 17.0 Å². The SMILES string of the molecule is Cn1cc(S(=O)(=O)NC2CCOC2C2CC2)cc1CN. The zero-order valence-electron chi connectivity index (χ0n) is 11.6. The normalized spacial score (nSPS) is 27.1. The summed E-state index contributed by atoms with van der Waals surface area (Å²) in [5, 5.41) is 0. The van der Waals surface area contributed by atoms with Gasteiger partial charge >= 0.3 is 0 Å². The van der Waals surface area contributed by atoms with E-state index in [1.807, 2.05) is 0 Å². The van der Waals surface area contributed by atoms with Gasteiger partial charge in [0.25, 0.3) is 0 Å². The summed E-state index contributed by atoms with van der Waals surface area (Å²) in [6.07, 6.45) is 4.68. The molecule has 0 bridgehead atoms. The number of aryl methyl sites for hydroxylation is 1. The average molecular weight is 299 g/mol. The van der Waals surface area contributed by atoms with E-state index < -0.39 is 10.0 Å². The highest BCUT2D eigenvalue weighted by molar-refractivity contribution is 7.89. The molecule has 6 nitrogen and oxygen atoms in total. The Bertz CT molecular complexity index is 592. The van der Waals surface area contributed by atoms with Crippen LogP contribution in [0.2, 0.25) is 0 Å². The molecular weight excluding hydrogens is 278 g/mol. The maximum atomic E-state index is 12.4. The van der Waals surface area contributed by atoms with Crippen LogP contribution in [0.25, 0.3) is 0 Å². The van der Waals surface area contributed by atoms with E-state index in [0.717, 1.165) is 25.0 Å². The molecule has 7 heteroatoms. The molecule has 1 saturated heterocycles. The second kappa shape index (κ2) is 5.14. The van der Waals surface area contributed by atoms with E-state index in [1.54, 1.807) is 23.9 Å². The number of nitrogens with two attached hydrogens (primary N) is 1. The topological polar surface area (TPSA) is 86.3 Å². The molecule has 1 saturated carbocycles. The minimum atomic E-state index is -3.50. The fourth-order valence-corrected chi connectivity index (χ4v) is 4.20. The van der Waals surface area contributed by atoms with E-state index in [0.29, 0.717) is 19.1 Å². The van der Waals surface area contributed by atoms with Crippen molar-refractivity contribution in [2.24, 2.45) is 18.7 Å². The molecule has 2 aliphatic rings. The van der Waals surface area contributed by atoms with E-state index in [-0.39, 0.29) is 17.0 Å². The average Bonchev–Trinajstić information content (AvgIpc) is 3.02. The van der Waals surface area contributed by atoms with Crippen molar-refractivity contribution in [3.63, 3.8) is 0 Å². The standard InChI is InChI=1S/C13H21N3O3S/c1-16-8-11(6-10(16)7-14)20(17,18)15-12-4-5-19-13(12)9-2-3-9/h6,8-9,12-13,15H,2-5,7,14H2,1H3. The van der Waals surface area contributed by atoms with Crippen molar-refractivity contribution in [2.45, 2.75) is 42.8 Å². The van der Waals surface area contributed by atoms with E-state index >= 15 is 0 Å². The molecule has 0 amide bonds. The molecule has 0 radical (unpaired) electrons. The first-order valence-corrected chi connectivity index (χ1v) is 8.49. The van der Waals surface area contributed by atoms with Crippen LogP contribution >= 0.6 is 0 Å². The second-order valence-corrected chi connectivity index (χ2v) is 7.39. The Labute approximate surface area is 119 Å². The van der Waals surface area contributed by atoms with E-state index in [4.69, 9.17) is 10.5 Å². The minimum absolute atomic E-state index is 0.0440. The summed E-state index contributed by atoms with van der Waals surface area (Å²) in [5.74, 6) is 0.528. The largest absolute Gasteiger partial charge is 0.376 e. The number of hydrogen-bond acceptors (Lipinski definition) is 4. The maximum Gasteiger partial charge on any atom is 0.242 e. The van der Waals surface area contributed by atoms with Gasteiger partial charge in [0, 0.05) is 32.1 Å². The predicted molar refractivity (Wildman–Crippen MR) is 74.5 cm³/mol. The van der Waals surface area contributed by atoms with E-state index in [9.17, 15) is 8.42 Å². The van der Waals surface area contributed by atoms with Gasteiger partial charge in [-0.1, -0.05) is 0 Å². The van der Waals surface area contributed by atoms with Gasteiger partial charge in [0.15, 0.2) is 0 Å². The Morgan fingerprint density at radius 2 is 2.20 bits per heavy atom. The summed E-state index contributed by atoms with van der Waals surface area (Å²) in [7, 11) is -1.70. The Hall–Kier alpha value is -0.890. The summed E-state index contributed by atoms with van der Waals surface area (Å²) in [6, 6.07) is 1.53. The summed E-state index contributed by atoms with van der Waals surface area (Å²) in [6.45, 7) is 0.959. The quantitative estimate of drug-likeness (QED) is 0.820. The number of ether oxygens (including phenoxy) is 1. The lowest BCUT2D eigenvalue weighted by molar-refractivity contribution is 0.0848. The lowest BCUT2D eigenvalue weighted by atomic mass is 10.1. The zero-order valence-corrected chi connectivity index (χ0v) is 12.4. The lowest BCUT2D eigenvalue weighted by Crippen LogP contribution is -2.41. The molecule has 2 atom stereocenters. The molecule has 1 aromatic heterocycles. The first-order chi connectivity index (χ1) is 9.51. The smallest absolute Gasteiger partial charge is 0.242 e. The van der Waals surface area contributed by atoms with Crippen molar-refractivity contribution in [3.05, 3.63) is 18.0 Å². The molecule has 3 N–H and O–H groups in total. The summed E-state index contributed by atoms with van der Waals surface area (Å²) in [5.41, 5.74) is 6.38. The van der Waals surface area contributed by atoms with Gasteiger partial charge < -0.3 is 15.0 Å². The summed E-state index contributed by atoms with van der Waals surface area (Å²) < 4.78 is 35.1. The van der Waals surface area contributed by atoms with Crippen LogP contribution in [0.5, 0.6) is 0 Å². The number of nitrogens with one attached hydrogen (secondary N) is 1. The van der Waals surface area contributed by atoms with Gasteiger partial charge in [-0.25, -0.2) is 13.1 Å². The van der Waals surface area contributed by atoms with Crippen molar-refractivity contribution >= 4 is 10.0 Å². The molecule has 2 heterocycles. The highest BCUT2D eigenvalue weighted by atomic mass is 32.2. The first kappa shape index (κ1) is 14.1. The van der Waals surface area contributed by atoms with Crippen molar-refractivity contribution < 1.29 is 13.2 Å². The molecule has 112 valence electrons. The molecular formula is C13H21N3O3S. The first-order valence-electron chi connectivity index (χ1n) is 7.00. The number of nitrogens with zero attached hydrogens (tertiary/aromatic N) is 1. The minimum Gasteiger partial charge on any atom is -0.376 e. The van der Waals surface area contributed by atoms with Crippen molar-refractivity contribution in [3.8, 4) is 0 Å². The Balaban J connectivity index is 1.77. The Morgan fingerprint density at radius 1 is 1.45 bits per heavy atom. The van der Waals surface area contributed by atoms with E-state index in [1.165, 1.54) is 0 Å². The van der Waals surface area contributed by atoms with Crippen molar-refractivity contribution in [1.82, 2.24) is 9.29 Å². The van der Waals surface area contributed by atoms with Crippen LogP contribution < -0.4 is 10.5 Å². The molecule has 2 unspecified atom stereocenters. The van der Waals surface area contributed by atoms with Gasteiger partial charge in [-0.15, -0.1) is 0 Å². The van der Waals surface area contributed by atoms with Crippen molar-refractivity contribution in [1.29, 1.82) is 0 Å². The number of aromatic nitrogens is 1. The molecule has 0 spiro atoms. The Kier molecular flexibility index (Phi) is 3.62. The van der Waals surface area contributed by atoms with Crippen LogP contribution in [-0.4, -0.2) is 31.7 Å². The Morgan fingerprint density at radius 3 is 2.80 bits per heavy atom. The van der Waals surface area contributed by atoms with Crippen LogP contribution in [0.3, 0.4) is 0 Å². The fraction of sp³-hybridized carbons (Fsp3) is 0.692. The molecule has 1 aromatic rings. The number of sulfonamides is 1. The second-order valence-electron chi connectivity index (χ2n) is 5.67. The van der Waals surface area contributed by atoms with Gasteiger partial charge in [0.2, 0.25) is 10.0 Å². The van der Waals surface area contributed by atoms with Gasteiger partial charge in [-0.3, -0.25) is 0 Å². The zero-order chi connectivity index (χ0) is 14.3. The van der Waals surface area contributed by atoms with Gasteiger partial charge in [0.1, 0.15) is 0 Å². The van der Waals surface area contributed by atoms with Gasteiger partial charge in [-0.2, -0.15) is 0 Å². The van der Waals surface area contributed by atoms with Crippen LogP contribution in [0.1, 0.15) is 25.0 Å². The number of hydrogen-bond donors (Lipinski definition) is 2. The third kappa shape index (κ3) is 2.63. The van der Waals surface area contributed by atoms with Gasteiger partial charge in [-0.05, 0) is 31.2 Å². The lowest BCUT2D eigenvalue weighted by Gasteiger charge is -2.18. The molecule has 3 rings (SSSR count). The fourth-order valence-electron chi connectivity index (χ4n) is 2.82. The van der Waals surface area contributed by atoms with Crippen molar-refractivity contribution in [2.75, 3.05) is 6.61 Å². The van der Waals surface area contributed by atoms with Crippen LogP contribution in [0, 0.1) is 5.92 Å². The molecule has 2 fully saturated rings.